The number of nitrogens with two attached hydrogens (primary N) is 1. The van der Waals surface area contributed by atoms with Crippen LogP contribution >= 0.6 is 11.6 Å². The second kappa shape index (κ2) is 6.30. The van der Waals surface area contributed by atoms with Crippen LogP contribution in [0.2, 0.25) is 5.02 Å². The summed E-state index contributed by atoms with van der Waals surface area (Å²) in [5, 5.41) is 3.56. The molecule has 0 radical (unpaired) electrons. The zero-order valence-electron chi connectivity index (χ0n) is 11.0. The van der Waals surface area contributed by atoms with Crippen molar-refractivity contribution in [3.05, 3.63) is 59.1 Å². The monoisotopic (exact) mass is 290 g/mol. The predicted molar refractivity (Wildman–Crippen MR) is 80.0 cm³/mol. The summed E-state index contributed by atoms with van der Waals surface area (Å²) in [4.78, 5) is 11.7. The maximum Gasteiger partial charge on any atom is 0.244 e. The van der Waals surface area contributed by atoms with Crippen molar-refractivity contribution in [3.8, 4) is 5.75 Å². The van der Waals surface area contributed by atoms with E-state index in [-0.39, 0.29) is 0 Å². The SMILES string of the molecule is COc1ccccc1NC(C(N)=O)c1ccccc1Cl. The van der Waals surface area contributed by atoms with Gasteiger partial charge in [0.2, 0.25) is 5.91 Å². The molecule has 104 valence electrons. The quantitative estimate of drug-likeness (QED) is 0.890. The minimum atomic E-state index is -0.722. The van der Waals surface area contributed by atoms with Crippen LogP contribution in [0.3, 0.4) is 0 Å². The fourth-order valence-corrected chi connectivity index (χ4v) is 2.18. The topological polar surface area (TPSA) is 64.3 Å². The molecule has 0 fully saturated rings. The summed E-state index contributed by atoms with van der Waals surface area (Å²) < 4.78 is 5.24. The van der Waals surface area contributed by atoms with Crippen LogP contribution in [0, 0.1) is 0 Å². The number of nitrogens with one attached hydrogen (secondary N) is 1. The van der Waals surface area contributed by atoms with E-state index in [1.807, 2.05) is 18.2 Å². The second-order valence-corrected chi connectivity index (χ2v) is 4.61. The maximum atomic E-state index is 11.7. The van der Waals surface area contributed by atoms with Crippen molar-refractivity contribution in [1.29, 1.82) is 0 Å². The lowest BCUT2D eigenvalue weighted by atomic mass is 10.1. The number of halogens is 1. The molecule has 2 aromatic carbocycles. The van der Waals surface area contributed by atoms with Crippen molar-refractivity contribution in [2.45, 2.75) is 6.04 Å². The summed E-state index contributed by atoms with van der Waals surface area (Å²) >= 11 is 6.12. The number of rotatable bonds is 5. The third-order valence-electron chi connectivity index (χ3n) is 2.91. The Morgan fingerprint density at radius 1 is 1.20 bits per heavy atom. The molecule has 0 saturated carbocycles. The molecule has 1 unspecified atom stereocenters. The fourth-order valence-electron chi connectivity index (χ4n) is 1.93. The second-order valence-electron chi connectivity index (χ2n) is 4.20. The van der Waals surface area contributed by atoms with Gasteiger partial charge in [-0.3, -0.25) is 4.79 Å². The summed E-state index contributed by atoms with van der Waals surface area (Å²) in [6.07, 6.45) is 0. The van der Waals surface area contributed by atoms with E-state index in [0.29, 0.717) is 22.0 Å². The number of hydrogen-bond donors (Lipinski definition) is 2. The number of carbonyl (C=O) groups is 1. The number of carbonyl (C=O) groups excluding carboxylic acids is 1. The Balaban J connectivity index is 2.36. The number of amides is 1. The van der Waals surface area contributed by atoms with Crippen LogP contribution in [0.1, 0.15) is 11.6 Å². The Labute approximate surface area is 122 Å². The number of ether oxygens (including phenoxy) is 1. The van der Waals surface area contributed by atoms with E-state index in [1.54, 1.807) is 37.4 Å². The van der Waals surface area contributed by atoms with Crippen molar-refractivity contribution in [2.75, 3.05) is 12.4 Å². The smallest absolute Gasteiger partial charge is 0.244 e. The molecule has 2 aromatic rings. The summed E-state index contributed by atoms with van der Waals surface area (Å²) in [7, 11) is 1.56. The molecule has 2 rings (SSSR count). The molecule has 0 aromatic heterocycles. The van der Waals surface area contributed by atoms with Gasteiger partial charge in [-0.05, 0) is 18.2 Å². The Kier molecular flexibility index (Phi) is 4.48. The molecule has 0 bridgehead atoms. The molecule has 0 aliphatic heterocycles. The Morgan fingerprint density at radius 3 is 2.50 bits per heavy atom. The fraction of sp³-hybridized carbons (Fsp3) is 0.133. The van der Waals surface area contributed by atoms with Gasteiger partial charge in [0.1, 0.15) is 11.8 Å². The molecule has 20 heavy (non-hydrogen) atoms. The van der Waals surface area contributed by atoms with Crippen LogP contribution in [0.25, 0.3) is 0 Å². The zero-order chi connectivity index (χ0) is 14.5. The normalized spacial score (nSPS) is 11.7. The molecule has 0 aliphatic rings. The largest absolute Gasteiger partial charge is 0.495 e. The van der Waals surface area contributed by atoms with E-state index in [4.69, 9.17) is 22.1 Å². The molecule has 0 aliphatic carbocycles. The number of anilines is 1. The highest BCUT2D eigenvalue weighted by atomic mass is 35.5. The highest BCUT2D eigenvalue weighted by Crippen LogP contribution is 2.30. The first-order valence-corrected chi connectivity index (χ1v) is 6.44. The third-order valence-corrected chi connectivity index (χ3v) is 3.25. The summed E-state index contributed by atoms with van der Waals surface area (Å²) in [5.74, 6) is 0.120. The minimum Gasteiger partial charge on any atom is -0.495 e. The first-order valence-electron chi connectivity index (χ1n) is 6.06. The lowest BCUT2D eigenvalue weighted by Crippen LogP contribution is -2.28. The Bertz CT molecular complexity index is 616. The third kappa shape index (κ3) is 3.03. The van der Waals surface area contributed by atoms with Crippen molar-refractivity contribution in [1.82, 2.24) is 0 Å². The lowest BCUT2D eigenvalue weighted by molar-refractivity contribution is -0.118. The minimum absolute atomic E-state index is 0.485. The van der Waals surface area contributed by atoms with E-state index in [1.165, 1.54) is 0 Å². The molecule has 1 atom stereocenters. The highest BCUT2D eigenvalue weighted by Gasteiger charge is 2.21. The van der Waals surface area contributed by atoms with Crippen LogP contribution in [-0.2, 0) is 4.79 Å². The van der Waals surface area contributed by atoms with Crippen LogP contribution in [0.4, 0.5) is 5.69 Å². The molecule has 5 heteroatoms. The van der Waals surface area contributed by atoms with Crippen LogP contribution in [-0.4, -0.2) is 13.0 Å². The summed E-state index contributed by atoms with van der Waals surface area (Å²) in [5.41, 5.74) is 6.79. The maximum absolute atomic E-state index is 11.7. The van der Waals surface area contributed by atoms with Crippen LogP contribution in [0.5, 0.6) is 5.75 Å². The van der Waals surface area contributed by atoms with E-state index in [2.05, 4.69) is 5.32 Å². The number of primary amides is 1. The molecule has 1 amide bonds. The standard InChI is InChI=1S/C15H15ClN2O2/c1-20-13-9-5-4-8-12(13)18-14(15(17)19)10-6-2-3-7-11(10)16/h2-9,14,18H,1H3,(H2,17,19). The molecule has 0 heterocycles. The van der Waals surface area contributed by atoms with Crippen molar-refractivity contribution in [3.63, 3.8) is 0 Å². The Morgan fingerprint density at radius 2 is 1.85 bits per heavy atom. The molecule has 0 saturated heterocycles. The van der Waals surface area contributed by atoms with Crippen molar-refractivity contribution >= 4 is 23.2 Å². The Hall–Kier alpha value is -2.20. The summed E-state index contributed by atoms with van der Waals surface area (Å²) in [6, 6.07) is 13.7. The van der Waals surface area contributed by atoms with E-state index >= 15 is 0 Å². The van der Waals surface area contributed by atoms with Crippen LogP contribution in [0.15, 0.2) is 48.5 Å². The molecule has 0 spiro atoms. The average molecular weight is 291 g/mol. The van der Waals surface area contributed by atoms with Gasteiger partial charge >= 0.3 is 0 Å². The number of hydrogen-bond acceptors (Lipinski definition) is 3. The van der Waals surface area contributed by atoms with Gasteiger partial charge in [0.15, 0.2) is 0 Å². The van der Waals surface area contributed by atoms with Gasteiger partial charge in [0, 0.05) is 10.6 Å². The zero-order valence-corrected chi connectivity index (χ0v) is 11.7. The number of para-hydroxylation sites is 2. The van der Waals surface area contributed by atoms with E-state index < -0.39 is 11.9 Å². The van der Waals surface area contributed by atoms with Crippen molar-refractivity contribution < 1.29 is 9.53 Å². The van der Waals surface area contributed by atoms with E-state index in [9.17, 15) is 4.79 Å². The number of methoxy groups -OCH3 is 1. The van der Waals surface area contributed by atoms with E-state index in [0.717, 1.165) is 0 Å². The first kappa shape index (κ1) is 14.2. The first-order chi connectivity index (χ1) is 9.63. The van der Waals surface area contributed by atoms with Gasteiger partial charge in [-0.2, -0.15) is 0 Å². The predicted octanol–water partition coefficient (Wildman–Crippen LogP) is 2.99. The van der Waals surface area contributed by atoms with Gasteiger partial charge in [-0.25, -0.2) is 0 Å². The molecular weight excluding hydrogens is 276 g/mol. The lowest BCUT2D eigenvalue weighted by Gasteiger charge is -2.19. The molecular formula is C15H15ClN2O2. The van der Waals surface area contributed by atoms with Gasteiger partial charge in [0.25, 0.3) is 0 Å². The highest BCUT2D eigenvalue weighted by molar-refractivity contribution is 6.31. The van der Waals surface area contributed by atoms with Crippen molar-refractivity contribution in [2.24, 2.45) is 5.73 Å². The van der Waals surface area contributed by atoms with Crippen LogP contribution < -0.4 is 15.8 Å². The molecule has 4 nitrogen and oxygen atoms in total. The van der Waals surface area contributed by atoms with Gasteiger partial charge in [0.05, 0.1) is 12.8 Å². The average Bonchev–Trinajstić information content (AvgIpc) is 2.46. The van der Waals surface area contributed by atoms with Gasteiger partial charge in [-0.15, -0.1) is 0 Å². The van der Waals surface area contributed by atoms with Gasteiger partial charge in [-0.1, -0.05) is 41.9 Å². The van der Waals surface area contributed by atoms with Gasteiger partial charge < -0.3 is 15.8 Å². The number of benzene rings is 2. The molecule has 3 N–H and O–H groups in total. The summed E-state index contributed by atoms with van der Waals surface area (Å²) in [6.45, 7) is 0.